The summed E-state index contributed by atoms with van der Waals surface area (Å²) in [6.45, 7) is 2.22. The molecule has 4 heteroatoms. The fraction of sp³-hybridized carbons (Fsp3) is 0.300. The lowest BCUT2D eigenvalue weighted by Gasteiger charge is -1.97. The Balaban J connectivity index is 2.36. The molecule has 0 unspecified atom stereocenters. The van der Waals surface area contributed by atoms with Crippen molar-refractivity contribution in [2.45, 2.75) is 13.3 Å². The van der Waals surface area contributed by atoms with Gasteiger partial charge in [-0.2, -0.15) is 11.3 Å². The molecule has 0 bridgehead atoms. The number of aromatic nitrogens is 1. The molecular weight excluding hydrogens is 214 g/mol. The highest BCUT2D eigenvalue weighted by Gasteiger charge is 2.08. The van der Waals surface area contributed by atoms with E-state index in [9.17, 15) is 0 Å². The summed E-state index contributed by atoms with van der Waals surface area (Å²) in [6.07, 6.45) is 2.64. The molecule has 0 saturated carbocycles. The van der Waals surface area contributed by atoms with Gasteiger partial charge in [-0.15, -0.1) is 11.3 Å². The van der Waals surface area contributed by atoms with Gasteiger partial charge in [-0.25, -0.2) is 4.98 Å². The predicted molar refractivity (Wildman–Crippen MR) is 61.0 cm³/mol. The molecule has 1 N–H and O–H groups in total. The second-order valence-corrected chi connectivity index (χ2v) is 5.01. The zero-order valence-corrected chi connectivity index (χ0v) is 9.49. The van der Waals surface area contributed by atoms with E-state index in [4.69, 9.17) is 5.11 Å². The third-order valence-electron chi connectivity index (χ3n) is 2.01. The van der Waals surface area contributed by atoms with Crippen molar-refractivity contribution in [3.8, 4) is 10.4 Å². The average molecular weight is 225 g/mol. The van der Waals surface area contributed by atoms with Crippen molar-refractivity contribution in [3.63, 3.8) is 0 Å². The van der Waals surface area contributed by atoms with Gasteiger partial charge in [0.05, 0.1) is 9.88 Å². The van der Waals surface area contributed by atoms with E-state index in [0.717, 1.165) is 11.4 Å². The Kier molecular flexibility index (Phi) is 2.96. The monoisotopic (exact) mass is 225 g/mol. The van der Waals surface area contributed by atoms with Gasteiger partial charge in [0.15, 0.2) is 0 Å². The third-order valence-corrected chi connectivity index (χ3v) is 3.75. The van der Waals surface area contributed by atoms with Crippen LogP contribution in [-0.2, 0) is 6.42 Å². The van der Waals surface area contributed by atoms with Crippen molar-refractivity contribution in [1.82, 2.24) is 4.98 Å². The fourth-order valence-corrected chi connectivity index (χ4v) is 3.13. The third kappa shape index (κ3) is 1.87. The molecule has 2 aromatic rings. The molecule has 0 radical (unpaired) electrons. The van der Waals surface area contributed by atoms with Crippen molar-refractivity contribution in [1.29, 1.82) is 0 Å². The van der Waals surface area contributed by atoms with E-state index in [0.29, 0.717) is 0 Å². The summed E-state index contributed by atoms with van der Waals surface area (Å²) in [5.41, 5.74) is 2.45. The van der Waals surface area contributed by atoms with Gasteiger partial charge in [-0.1, -0.05) is 0 Å². The summed E-state index contributed by atoms with van der Waals surface area (Å²) in [6, 6.07) is 0. The molecule has 2 aromatic heterocycles. The minimum absolute atomic E-state index is 0.210. The van der Waals surface area contributed by atoms with Crippen molar-refractivity contribution >= 4 is 22.7 Å². The summed E-state index contributed by atoms with van der Waals surface area (Å²) < 4.78 is 0. The van der Waals surface area contributed by atoms with Gasteiger partial charge in [0, 0.05) is 18.4 Å². The van der Waals surface area contributed by atoms with E-state index in [-0.39, 0.29) is 6.61 Å². The number of hydrogen-bond donors (Lipinski definition) is 1. The van der Waals surface area contributed by atoms with E-state index in [1.54, 1.807) is 22.7 Å². The van der Waals surface area contributed by atoms with Gasteiger partial charge in [0.25, 0.3) is 0 Å². The number of hydrogen-bond acceptors (Lipinski definition) is 4. The number of rotatable bonds is 3. The second-order valence-electron chi connectivity index (χ2n) is 3.03. The molecule has 2 nitrogen and oxygen atoms in total. The van der Waals surface area contributed by atoms with E-state index in [1.807, 2.05) is 13.1 Å². The molecule has 2 heterocycles. The van der Waals surface area contributed by atoms with Gasteiger partial charge in [-0.3, -0.25) is 0 Å². The molecule has 74 valence electrons. The first-order valence-electron chi connectivity index (χ1n) is 4.40. The molecule has 14 heavy (non-hydrogen) atoms. The maximum Gasteiger partial charge on any atom is 0.0900 e. The Labute approximate surface area is 90.9 Å². The van der Waals surface area contributed by atoms with Crippen LogP contribution in [0.1, 0.15) is 10.6 Å². The highest BCUT2D eigenvalue weighted by molar-refractivity contribution is 7.15. The first-order valence-corrected chi connectivity index (χ1v) is 6.16. The number of aryl methyl sites for hydroxylation is 1. The Morgan fingerprint density at radius 3 is 2.93 bits per heavy atom. The number of thiazole rings is 1. The Bertz CT molecular complexity index is 419. The fourth-order valence-electron chi connectivity index (χ4n) is 1.34. The molecule has 0 aliphatic carbocycles. The highest BCUT2D eigenvalue weighted by Crippen LogP contribution is 2.31. The molecule has 0 atom stereocenters. The van der Waals surface area contributed by atoms with Gasteiger partial charge in [0.1, 0.15) is 0 Å². The van der Waals surface area contributed by atoms with Gasteiger partial charge in [0.2, 0.25) is 0 Å². The van der Waals surface area contributed by atoms with Crippen LogP contribution in [0.4, 0.5) is 0 Å². The van der Waals surface area contributed by atoms with Crippen LogP contribution in [0.15, 0.2) is 17.0 Å². The summed E-state index contributed by atoms with van der Waals surface area (Å²) in [5.74, 6) is 0. The minimum Gasteiger partial charge on any atom is -0.396 e. The SMILES string of the molecule is Cc1ncc(-c2cscc2CCO)s1. The van der Waals surface area contributed by atoms with Crippen LogP contribution < -0.4 is 0 Å². The summed E-state index contributed by atoms with van der Waals surface area (Å²) in [5, 5.41) is 14.2. The number of aliphatic hydroxyl groups is 1. The molecule has 0 amide bonds. The van der Waals surface area contributed by atoms with Crippen LogP contribution in [0.5, 0.6) is 0 Å². The topological polar surface area (TPSA) is 33.1 Å². The van der Waals surface area contributed by atoms with Crippen molar-refractivity contribution in [2.24, 2.45) is 0 Å². The highest BCUT2D eigenvalue weighted by atomic mass is 32.1. The predicted octanol–water partition coefficient (Wildman–Crippen LogP) is 2.71. The molecule has 0 aliphatic rings. The van der Waals surface area contributed by atoms with E-state index >= 15 is 0 Å². The summed E-state index contributed by atoms with van der Waals surface area (Å²) >= 11 is 3.38. The van der Waals surface area contributed by atoms with Crippen molar-refractivity contribution < 1.29 is 5.11 Å². The number of aliphatic hydroxyl groups excluding tert-OH is 1. The second kappa shape index (κ2) is 4.21. The van der Waals surface area contributed by atoms with Crippen LogP contribution in [0, 0.1) is 6.92 Å². The maximum atomic E-state index is 8.91. The van der Waals surface area contributed by atoms with Crippen LogP contribution in [0.25, 0.3) is 10.4 Å². The van der Waals surface area contributed by atoms with Crippen LogP contribution in [0.3, 0.4) is 0 Å². The quantitative estimate of drug-likeness (QED) is 0.871. The summed E-state index contributed by atoms with van der Waals surface area (Å²) in [4.78, 5) is 5.44. The Morgan fingerprint density at radius 1 is 1.43 bits per heavy atom. The van der Waals surface area contributed by atoms with E-state index < -0.39 is 0 Å². The van der Waals surface area contributed by atoms with Crippen molar-refractivity contribution in [3.05, 3.63) is 27.5 Å². The number of nitrogens with zero attached hydrogens (tertiary/aromatic N) is 1. The standard InChI is InChI=1S/C10H11NOS2/c1-7-11-4-10(14-7)9-6-13-5-8(9)2-3-12/h4-6,12H,2-3H2,1H3. The van der Waals surface area contributed by atoms with Gasteiger partial charge in [-0.05, 0) is 29.7 Å². The molecule has 0 spiro atoms. The zero-order chi connectivity index (χ0) is 9.97. The van der Waals surface area contributed by atoms with E-state index in [1.165, 1.54) is 16.0 Å². The molecule has 2 rings (SSSR count). The average Bonchev–Trinajstić information content (AvgIpc) is 2.74. The van der Waals surface area contributed by atoms with Gasteiger partial charge >= 0.3 is 0 Å². The smallest absolute Gasteiger partial charge is 0.0900 e. The maximum absolute atomic E-state index is 8.91. The first kappa shape index (κ1) is 9.83. The molecule has 0 aliphatic heterocycles. The first-order chi connectivity index (χ1) is 6.81. The summed E-state index contributed by atoms with van der Waals surface area (Å²) in [7, 11) is 0. The molecule has 0 aromatic carbocycles. The van der Waals surface area contributed by atoms with Gasteiger partial charge < -0.3 is 5.11 Å². The number of thiophene rings is 1. The van der Waals surface area contributed by atoms with Crippen LogP contribution in [0.2, 0.25) is 0 Å². The van der Waals surface area contributed by atoms with Crippen LogP contribution >= 0.6 is 22.7 Å². The molecular formula is C10H11NOS2. The largest absolute Gasteiger partial charge is 0.396 e. The Hall–Kier alpha value is -0.710. The van der Waals surface area contributed by atoms with Crippen LogP contribution in [-0.4, -0.2) is 16.7 Å². The molecule has 0 fully saturated rings. The van der Waals surface area contributed by atoms with E-state index in [2.05, 4.69) is 15.7 Å². The zero-order valence-electron chi connectivity index (χ0n) is 7.86. The minimum atomic E-state index is 0.210. The van der Waals surface area contributed by atoms with Crippen molar-refractivity contribution in [2.75, 3.05) is 6.61 Å². The molecule has 0 saturated heterocycles. The lowest BCUT2D eigenvalue weighted by Crippen LogP contribution is -1.89. The lowest BCUT2D eigenvalue weighted by atomic mass is 10.1. The lowest BCUT2D eigenvalue weighted by molar-refractivity contribution is 0.300. The Morgan fingerprint density at radius 2 is 2.29 bits per heavy atom. The normalized spacial score (nSPS) is 10.7.